The number of aliphatic hydroxyl groups excluding tert-OH is 1. The zero-order valence-electron chi connectivity index (χ0n) is 9.09. The third-order valence-electron chi connectivity index (χ3n) is 3.23. The van der Waals surface area contributed by atoms with E-state index in [9.17, 15) is 5.11 Å². The summed E-state index contributed by atoms with van der Waals surface area (Å²) in [7, 11) is 0. The Labute approximate surface area is 90.3 Å². The Bertz CT molecular complexity index is 359. The molecule has 1 aliphatic carbocycles. The molecule has 0 saturated heterocycles. The average Bonchev–Trinajstić information content (AvgIpc) is 3.01. The highest BCUT2D eigenvalue weighted by Crippen LogP contribution is 2.44. The van der Waals surface area contributed by atoms with E-state index >= 15 is 0 Å². The molecule has 3 heteroatoms. The predicted molar refractivity (Wildman–Crippen MR) is 62.8 cm³/mol. The quantitative estimate of drug-likeness (QED) is 0.658. The summed E-state index contributed by atoms with van der Waals surface area (Å²) in [6.45, 7) is 3.14. The molecule has 1 aliphatic rings. The number of hydrogen-bond donors (Lipinski definition) is 3. The minimum Gasteiger partial charge on any atom is -0.399 e. The van der Waals surface area contributed by atoms with Crippen LogP contribution in [0.2, 0.25) is 0 Å². The van der Waals surface area contributed by atoms with Crippen LogP contribution < -0.4 is 11.1 Å². The summed E-state index contributed by atoms with van der Waals surface area (Å²) in [4.78, 5) is 0. The molecule has 0 atom stereocenters. The Morgan fingerprint density at radius 2 is 2.20 bits per heavy atom. The van der Waals surface area contributed by atoms with Crippen molar-refractivity contribution >= 4 is 11.4 Å². The Morgan fingerprint density at radius 1 is 1.47 bits per heavy atom. The highest BCUT2D eigenvalue weighted by atomic mass is 16.3. The lowest BCUT2D eigenvalue weighted by molar-refractivity contribution is 0.220. The fraction of sp³-hybridized carbons (Fsp3) is 0.500. The van der Waals surface area contributed by atoms with E-state index in [2.05, 4.69) is 5.32 Å². The van der Waals surface area contributed by atoms with Crippen molar-refractivity contribution in [2.75, 3.05) is 24.2 Å². The summed E-state index contributed by atoms with van der Waals surface area (Å²) < 4.78 is 0. The Kier molecular flexibility index (Phi) is 2.57. The molecule has 0 aliphatic heterocycles. The molecule has 0 aromatic heterocycles. The molecular weight excluding hydrogens is 188 g/mol. The summed E-state index contributed by atoms with van der Waals surface area (Å²) in [5, 5.41) is 12.5. The van der Waals surface area contributed by atoms with Crippen LogP contribution in [-0.2, 0) is 0 Å². The number of nitrogen functional groups attached to an aromatic ring is 1. The SMILES string of the molecule is Cc1cc(NCC2(CO)CC2)ccc1N. The lowest BCUT2D eigenvalue weighted by Gasteiger charge is -2.14. The molecule has 1 saturated carbocycles. The smallest absolute Gasteiger partial charge is 0.0504 e. The van der Waals surface area contributed by atoms with Gasteiger partial charge in [-0.1, -0.05) is 0 Å². The molecule has 0 unspecified atom stereocenters. The fourth-order valence-electron chi connectivity index (χ4n) is 1.64. The minimum absolute atomic E-state index is 0.148. The maximum atomic E-state index is 9.17. The van der Waals surface area contributed by atoms with Gasteiger partial charge in [-0.15, -0.1) is 0 Å². The number of nitrogens with two attached hydrogens (primary N) is 1. The molecule has 1 aromatic carbocycles. The van der Waals surface area contributed by atoms with Crippen LogP contribution >= 0.6 is 0 Å². The molecular formula is C12H18N2O. The van der Waals surface area contributed by atoms with Gasteiger partial charge in [0.2, 0.25) is 0 Å². The summed E-state index contributed by atoms with van der Waals surface area (Å²) in [5.41, 5.74) is 8.89. The number of rotatable bonds is 4. The van der Waals surface area contributed by atoms with Crippen LogP contribution in [0.4, 0.5) is 11.4 Å². The van der Waals surface area contributed by atoms with Crippen molar-refractivity contribution in [3.8, 4) is 0 Å². The van der Waals surface area contributed by atoms with Crippen LogP contribution in [0, 0.1) is 12.3 Å². The second kappa shape index (κ2) is 3.74. The Morgan fingerprint density at radius 3 is 2.73 bits per heavy atom. The van der Waals surface area contributed by atoms with Crippen LogP contribution in [0.3, 0.4) is 0 Å². The van der Waals surface area contributed by atoms with Crippen molar-refractivity contribution in [1.82, 2.24) is 0 Å². The van der Waals surface area contributed by atoms with Gasteiger partial charge in [0.1, 0.15) is 0 Å². The number of nitrogens with one attached hydrogen (secondary N) is 1. The molecule has 1 aromatic rings. The van der Waals surface area contributed by atoms with E-state index in [0.717, 1.165) is 36.3 Å². The number of hydrogen-bond acceptors (Lipinski definition) is 3. The largest absolute Gasteiger partial charge is 0.399 e. The maximum absolute atomic E-state index is 9.17. The standard InChI is InChI=1S/C12H18N2O/c1-9-6-10(2-3-11(9)13)14-7-12(8-15)4-5-12/h2-3,6,14-15H,4-5,7-8,13H2,1H3. The summed E-state index contributed by atoms with van der Waals surface area (Å²) in [6.07, 6.45) is 2.26. The maximum Gasteiger partial charge on any atom is 0.0504 e. The minimum atomic E-state index is 0.148. The molecule has 82 valence electrons. The zero-order chi connectivity index (χ0) is 10.9. The lowest BCUT2D eigenvalue weighted by Crippen LogP contribution is -2.19. The highest BCUT2D eigenvalue weighted by molar-refractivity contribution is 5.56. The topological polar surface area (TPSA) is 58.3 Å². The molecule has 15 heavy (non-hydrogen) atoms. The first-order valence-corrected chi connectivity index (χ1v) is 5.36. The molecule has 0 amide bonds. The first-order valence-electron chi connectivity index (χ1n) is 5.36. The van der Waals surface area contributed by atoms with Gasteiger partial charge in [-0.05, 0) is 43.5 Å². The number of aliphatic hydroxyl groups is 1. The van der Waals surface area contributed by atoms with Crippen molar-refractivity contribution < 1.29 is 5.11 Å². The van der Waals surface area contributed by atoms with Crippen molar-refractivity contribution in [1.29, 1.82) is 0 Å². The summed E-state index contributed by atoms with van der Waals surface area (Å²) >= 11 is 0. The molecule has 1 fully saturated rings. The third-order valence-corrected chi connectivity index (χ3v) is 3.23. The second-order valence-corrected chi connectivity index (χ2v) is 4.58. The molecule has 3 nitrogen and oxygen atoms in total. The van der Waals surface area contributed by atoms with Gasteiger partial charge in [0.15, 0.2) is 0 Å². The van der Waals surface area contributed by atoms with Gasteiger partial charge < -0.3 is 16.2 Å². The van der Waals surface area contributed by atoms with Gasteiger partial charge >= 0.3 is 0 Å². The summed E-state index contributed by atoms with van der Waals surface area (Å²) in [5.74, 6) is 0. The zero-order valence-corrected chi connectivity index (χ0v) is 9.09. The van der Waals surface area contributed by atoms with E-state index < -0.39 is 0 Å². The summed E-state index contributed by atoms with van der Waals surface area (Å²) in [6, 6.07) is 5.94. The first-order chi connectivity index (χ1) is 7.15. The van der Waals surface area contributed by atoms with E-state index in [4.69, 9.17) is 5.73 Å². The van der Waals surface area contributed by atoms with Gasteiger partial charge in [-0.2, -0.15) is 0 Å². The monoisotopic (exact) mass is 206 g/mol. The molecule has 0 bridgehead atoms. The van der Waals surface area contributed by atoms with Crippen molar-refractivity contribution in [3.05, 3.63) is 23.8 Å². The lowest BCUT2D eigenvalue weighted by atomic mass is 10.1. The fourth-order valence-corrected chi connectivity index (χ4v) is 1.64. The normalized spacial score (nSPS) is 17.5. The number of benzene rings is 1. The van der Waals surface area contributed by atoms with Crippen molar-refractivity contribution in [2.24, 2.45) is 5.41 Å². The van der Waals surface area contributed by atoms with E-state index in [1.165, 1.54) is 0 Å². The van der Waals surface area contributed by atoms with Gasteiger partial charge in [0.25, 0.3) is 0 Å². The first kappa shape index (κ1) is 10.3. The predicted octanol–water partition coefficient (Wildman–Crippen LogP) is 1.76. The van der Waals surface area contributed by atoms with E-state index in [1.807, 2.05) is 25.1 Å². The number of aryl methyl sites for hydroxylation is 1. The van der Waals surface area contributed by atoms with Crippen molar-refractivity contribution in [2.45, 2.75) is 19.8 Å². The van der Waals surface area contributed by atoms with E-state index in [-0.39, 0.29) is 12.0 Å². The van der Waals surface area contributed by atoms with Gasteiger partial charge in [0, 0.05) is 23.3 Å². The molecule has 0 radical (unpaired) electrons. The van der Waals surface area contributed by atoms with E-state index in [1.54, 1.807) is 0 Å². The molecule has 4 N–H and O–H groups in total. The van der Waals surface area contributed by atoms with Crippen LogP contribution in [-0.4, -0.2) is 18.3 Å². The van der Waals surface area contributed by atoms with Crippen LogP contribution in [0.5, 0.6) is 0 Å². The molecule has 0 heterocycles. The van der Waals surface area contributed by atoms with Crippen LogP contribution in [0.25, 0.3) is 0 Å². The highest BCUT2D eigenvalue weighted by Gasteiger charge is 2.41. The van der Waals surface area contributed by atoms with Crippen LogP contribution in [0.1, 0.15) is 18.4 Å². The van der Waals surface area contributed by atoms with Gasteiger partial charge in [-0.3, -0.25) is 0 Å². The Hall–Kier alpha value is -1.22. The average molecular weight is 206 g/mol. The second-order valence-electron chi connectivity index (χ2n) is 4.58. The third kappa shape index (κ3) is 2.23. The van der Waals surface area contributed by atoms with Crippen LogP contribution in [0.15, 0.2) is 18.2 Å². The van der Waals surface area contributed by atoms with Crippen molar-refractivity contribution in [3.63, 3.8) is 0 Å². The van der Waals surface area contributed by atoms with E-state index in [0.29, 0.717) is 0 Å². The molecule has 2 rings (SSSR count). The Balaban J connectivity index is 1.96. The van der Waals surface area contributed by atoms with Gasteiger partial charge in [0.05, 0.1) is 6.61 Å². The number of anilines is 2. The van der Waals surface area contributed by atoms with Gasteiger partial charge in [-0.25, -0.2) is 0 Å². The molecule has 0 spiro atoms.